The number of rotatable bonds is 5. The van der Waals surface area contributed by atoms with Crippen LogP contribution < -0.4 is 5.32 Å². The second-order valence-electron chi connectivity index (χ2n) is 4.45. The van der Waals surface area contributed by atoms with Gasteiger partial charge in [-0.3, -0.25) is 0 Å². The van der Waals surface area contributed by atoms with Gasteiger partial charge in [-0.1, -0.05) is 10.3 Å². The summed E-state index contributed by atoms with van der Waals surface area (Å²) in [6.45, 7) is 1.67. The molecular weight excluding hydrogens is 332 g/mol. The van der Waals surface area contributed by atoms with Crippen LogP contribution in [0.2, 0.25) is 0 Å². The minimum absolute atomic E-state index is 0.0237. The van der Waals surface area contributed by atoms with Gasteiger partial charge in [0.05, 0.1) is 5.69 Å². The Balaban J connectivity index is 1.92. The molecule has 0 radical (unpaired) electrons. The second kappa shape index (κ2) is 6.91. The number of azo groups is 2. The van der Waals surface area contributed by atoms with Gasteiger partial charge in [-0.05, 0) is 13.0 Å². The highest BCUT2D eigenvalue weighted by molar-refractivity contribution is 7.13. The third-order valence-corrected chi connectivity index (χ3v) is 3.42. The smallest absolute Gasteiger partial charge is 0.366 e. The number of thiazole rings is 1. The Labute approximate surface area is 140 Å². The summed E-state index contributed by atoms with van der Waals surface area (Å²) >= 11 is 1.35. The van der Waals surface area contributed by atoms with Crippen LogP contribution in [0.25, 0.3) is 0 Å². The van der Waals surface area contributed by atoms with Crippen molar-refractivity contribution in [2.45, 2.75) is 6.92 Å². The van der Waals surface area contributed by atoms with E-state index in [1.807, 2.05) is 0 Å². The van der Waals surface area contributed by atoms with Crippen LogP contribution in [-0.4, -0.2) is 27.3 Å². The molecule has 3 rings (SSSR count). The summed E-state index contributed by atoms with van der Waals surface area (Å²) in [5.74, 6) is 0.416. The van der Waals surface area contributed by atoms with Gasteiger partial charge in [-0.25, -0.2) is 4.98 Å². The van der Waals surface area contributed by atoms with Crippen molar-refractivity contribution in [2.75, 3.05) is 12.4 Å². The molecule has 2 N–H and O–H groups in total. The summed E-state index contributed by atoms with van der Waals surface area (Å²) in [4.78, 5) is 7.93. The molecule has 3 aromatic rings. The van der Waals surface area contributed by atoms with E-state index in [1.54, 1.807) is 31.6 Å². The molecule has 0 saturated carbocycles. The Morgan fingerprint density at radius 1 is 1.21 bits per heavy atom. The highest BCUT2D eigenvalue weighted by Gasteiger charge is 2.10. The van der Waals surface area contributed by atoms with Crippen molar-refractivity contribution >= 4 is 39.5 Å². The Morgan fingerprint density at radius 3 is 2.75 bits per heavy atom. The van der Waals surface area contributed by atoms with E-state index < -0.39 is 0 Å². The third-order valence-electron chi connectivity index (χ3n) is 2.76. The summed E-state index contributed by atoms with van der Waals surface area (Å²) in [5, 5.41) is 34.8. The second-order valence-corrected chi connectivity index (χ2v) is 5.32. The highest BCUT2D eigenvalue weighted by atomic mass is 32.1. The summed E-state index contributed by atoms with van der Waals surface area (Å²) in [5.41, 5.74) is 1.17. The number of aromatic nitrogens is 3. The summed E-state index contributed by atoms with van der Waals surface area (Å²) in [6.07, 6.45) is 1.63. The van der Waals surface area contributed by atoms with Crippen LogP contribution in [0.4, 0.5) is 28.2 Å². The molecule has 24 heavy (non-hydrogen) atoms. The lowest BCUT2D eigenvalue weighted by Gasteiger charge is -2.07. The molecule has 11 heteroatoms. The number of anilines is 1. The summed E-state index contributed by atoms with van der Waals surface area (Å²) < 4.78 is 4.84. The van der Waals surface area contributed by atoms with E-state index in [4.69, 9.17) is 4.52 Å². The van der Waals surface area contributed by atoms with E-state index in [0.29, 0.717) is 28.0 Å². The SMILES string of the molecule is CNc1c(O)cc(N=Nc2nc(C)no2)cc1N=Nc1nccs1. The molecular formula is C13H12N8O2S. The number of hydrogen-bond donors (Lipinski definition) is 2. The minimum atomic E-state index is -0.0382. The number of nitrogens with one attached hydrogen (secondary N) is 1. The molecule has 0 fully saturated rings. The topological polar surface area (TPSA) is 134 Å². The first kappa shape index (κ1) is 15.7. The molecule has 1 aromatic carbocycles. The van der Waals surface area contributed by atoms with Crippen molar-refractivity contribution in [3.05, 3.63) is 29.5 Å². The highest BCUT2D eigenvalue weighted by Crippen LogP contribution is 2.39. The van der Waals surface area contributed by atoms with E-state index in [1.165, 1.54) is 17.4 Å². The van der Waals surface area contributed by atoms with Gasteiger partial charge in [0.1, 0.15) is 17.1 Å². The van der Waals surface area contributed by atoms with E-state index in [-0.39, 0.29) is 11.8 Å². The molecule has 122 valence electrons. The quantitative estimate of drug-likeness (QED) is 0.520. The van der Waals surface area contributed by atoms with Crippen LogP contribution in [0, 0.1) is 6.92 Å². The molecule has 0 aliphatic carbocycles. The normalized spacial score (nSPS) is 11.6. The van der Waals surface area contributed by atoms with Gasteiger partial charge < -0.3 is 14.9 Å². The zero-order valence-electron chi connectivity index (χ0n) is 12.7. The van der Waals surface area contributed by atoms with Crippen molar-refractivity contribution in [3.8, 4) is 5.75 Å². The Bertz CT molecular complexity index is 888. The van der Waals surface area contributed by atoms with Gasteiger partial charge in [-0.15, -0.1) is 26.7 Å². The molecule has 0 bridgehead atoms. The lowest BCUT2D eigenvalue weighted by Crippen LogP contribution is -1.88. The van der Waals surface area contributed by atoms with E-state index in [9.17, 15) is 5.11 Å². The fourth-order valence-corrected chi connectivity index (χ4v) is 2.23. The number of aromatic hydroxyl groups is 1. The maximum Gasteiger partial charge on any atom is 0.366 e. The van der Waals surface area contributed by atoms with Crippen LogP contribution in [0.1, 0.15) is 5.82 Å². The molecule has 2 aromatic heterocycles. The van der Waals surface area contributed by atoms with Crippen molar-refractivity contribution in [1.82, 2.24) is 15.1 Å². The van der Waals surface area contributed by atoms with Crippen LogP contribution >= 0.6 is 11.3 Å². The van der Waals surface area contributed by atoms with Crippen LogP contribution in [0.5, 0.6) is 5.75 Å². The van der Waals surface area contributed by atoms with E-state index in [0.717, 1.165) is 0 Å². The largest absolute Gasteiger partial charge is 0.506 e. The number of aryl methyl sites for hydroxylation is 1. The van der Waals surface area contributed by atoms with Gasteiger partial charge in [-0.2, -0.15) is 4.98 Å². The molecule has 10 nitrogen and oxygen atoms in total. The van der Waals surface area contributed by atoms with E-state index in [2.05, 4.69) is 40.9 Å². The van der Waals surface area contributed by atoms with Crippen molar-refractivity contribution in [2.24, 2.45) is 20.5 Å². The van der Waals surface area contributed by atoms with Crippen LogP contribution in [0.15, 0.2) is 48.7 Å². The first-order chi connectivity index (χ1) is 11.7. The molecule has 0 aliphatic heterocycles. The van der Waals surface area contributed by atoms with Crippen molar-refractivity contribution in [1.29, 1.82) is 0 Å². The zero-order chi connectivity index (χ0) is 16.9. The van der Waals surface area contributed by atoms with Gasteiger partial charge >= 0.3 is 6.01 Å². The Hall–Kier alpha value is -3.21. The Kier molecular flexibility index (Phi) is 4.52. The molecule has 0 amide bonds. The molecule has 0 spiro atoms. The number of hydrogen-bond acceptors (Lipinski definition) is 11. The number of benzene rings is 1. The van der Waals surface area contributed by atoms with Gasteiger partial charge in [0.25, 0.3) is 0 Å². The van der Waals surface area contributed by atoms with E-state index >= 15 is 0 Å². The van der Waals surface area contributed by atoms with Crippen LogP contribution in [-0.2, 0) is 0 Å². The number of nitrogens with zero attached hydrogens (tertiary/aromatic N) is 7. The monoisotopic (exact) mass is 344 g/mol. The van der Waals surface area contributed by atoms with Crippen LogP contribution in [0.3, 0.4) is 0 Å². The van der Waals surface area contributed by atoms with Crippen molar-refractivity contribution < 1.29 is 9.63 Å². The molecule has 0 unspecified atom stereocenters. The molecule has 0 aliphatic rings. The molecule has 2 heterocycles. The van der Waals surface area contributed by atoms with Crippen molar-refractivity contribution in [3.63, 3.8) is 0 Å². The fraction of sp³-hybridized carbons (Fsp3) is 0.154. The summed E-state index contributed by atoms with van der Waals surface area (Å²) in [7, 11) is 1.67. The minimum Gasteiger partial charge on any atom is -0.506 e. The van der Waals surface area contributed by atoms with Gasteiger partial charge in [0.2, 0.25) is 5.13 Å². The third kappa shape index (κ3) is 3.57. The fourth-order valence-electron chi connectivity index (χ4n) is 1.78. The predicted octanol–water partition coefficient (Wildman–Crippen LogP) is 4.41. The first-order valence-electron chi connectivity index (χ1n) is 6.74. The lowest BCUT2D eigenvalue weighted by molar-refractivity contribution is 0.421. The summed E-state index contributed by atoms with van der Waals surface area (Å²) in [6, 6.07) is 3.06. The first-order valence-corrected chi connectivity index (χ1v) is 7.61. The average molecular weight is 344 g/mol. The van der Waals surface area contributed by atoms with Gasteiger partial charge in [0, 0.05) is 24.7 Å². The Morgan fingerprint density at radius 2 is 2.08 bits per heavy atom. The maximum absolute atomic E-state index is 10.1. The standard InChI is InChI=1S/C13H12N8O2S/c1-7-16-12(23-21-7)19-17-8-5-9(11(14-2)10(22)6-8)18-20-13-15-3-4-24-13/h3-6,14,22H,1-2H3. The lowest BCUT2D eigenvalue weighted by atomic mass is 10.2. The number of phenolic OH excluding ortho intramolecular Hbond substituents is 1. The molecule has 0 saturated heterocycles. The molecule has 0 atom stereocenters. The predicted molar refractivity (Wildman–Crippen MR) is 87.2 cm³/mol. The average Bonchev–Trinajstić information content (AvgIpc) is 3.22. The van der Waals surface area contributed by atoms with Gasteiger partial charge in [0.15, 0.2) is 5.82 Å². The number of phenols is 1. The maximum atomic E-state index is 10.1. The zero-order valence-corrected chi connectivity index (χ0v) is 13.5.